The van der Waals surface area contributed by atoms with Gasteiger partial charge >= 0.3 is 0 Å². The minimum absolute atomic E-state index is 0.105. The van der Waals surface area contributed by atoms with E-state index < -0.39 is 0 Å². The van der Waals surface area contributed by atoms with Gasteiger partial charge in [-0.3, -0.25) is 19.6 Å². The number of nitrogens with zero attached hydrogens (tertiary/aromatic N) is 4. The van der Waals surface area contributed by atoms with Crippen LogP contribution in [-0.2, 0) is 0 Å². The number of pyridine rings is 3. The summed E-state index contributed by atoms with van der Waals surface area (Å²) in [4.78, 5) is 33.1. The first-order chi connectivity index (χ1) is 14.2. The van der Waals surface area contributed by atoms with Crippen LogP contribution >= 0.6 is 0 Å². The Morgan fingerprint density at radius 2 is 1.62 bits per heavy atom. The molecule has 0 atom stereocenters. The molecule has 0 spiro atoms. The first-order valence-electron chi connectivity index (χ1n) is 8.94. The molecule has 0 bridgehead atoms. The monoisotopic (exact) mass is 383 g/mol. The summed E-state index contributed by atoms with van der Waals surface area (Å²) in [5, 5.41) is 4.09. The van der Waals surface area contributed by atoms with Gasteiger partial charge < -0.3 is 4.40 Å². The summed E-state index contributed by atoms with van der Waals surface area (Å²) in [6.07, 6.45) is 9.67. The standard InChI is InChI=1S/C22H17N5O2/c1-15-18(14-25-26-22(29)17-7-11-24-12-8-17)19-4-2-3-13-27(19)20(15)21(28)16-5-9-23-10-6-16/h2-14H,1H3,(H,26,29)/b25-14-. The van der Waals surface area contributed by atoms with Gasteiger partial charge in [-0.1, -0.05) is 6.07 Å². The molecule has 0 aliphatic heterocycles. The van der Waals surface area contributed by atoms with E-state index in [-0.39, 0.29) is 11.7 Å². The SMILES string of the molecule is Cc1c(/C=N\NC(=O)c2ccncc2)c2ccccn2c1C(=O)c1ccncc1. The lowest BCUT2D eigenvalue weighted by Gasteiger charge is -2.03. The quantitative estimate of drug-likeness (QED) is 0.326. The minimum Gasteiger partial charge on any atom is -0.313 e. The first kappa shape index (κ1) is 18.2. The summed E-state index contributed by atoms with van der Waals surface area (Å²) in [5.74, 6) is -0.440. The maximum atomic E-state index is 13.1. The normalized spacial score (nSPS) is 11.1. The van der Waals surface area contributed by atoms with Crippen molar-refractivity contribution in [3.63, 3.8) is 0 Å². The lowest BCUT2D eigenvalue weighted by molar-refractivity contribution is 0.0954. The van der Waals surface area contributed by atoms with Crippen molar-refractivity contribution in [1.82, 2.24) is 19.8 Å². The van der Waals surface area contributed by atoms with Gasteiger partial charge in [-0.05, 0) is 48.9 Å². The maximum Gasteiger partial charge on any atom is 0.271 e. The van der Waals surface area contributed by atoms with Crippen LogP contribution in [0.1, 0.15) is 37.5 Å². The molecule has 7 nitrogen and oxygen atoms in total. The van der Waals surface area contributed by atoms with Crippen molar-refractivity contribution >= 4 is 23.4 Å². The Balaban J connectivity index is 1.69. The zero-order chi connectivity index (χ0) is 20.2. The second kappa shape index (κ2) is 7.85. The van der Waals surface area contributed by atoms with Crippen molar-refractivity contribution in [3.8, 4) is 0 Å². The molecule has 0 unspecified atom stereocenters. The van der Waals surface area contributed by atoms with Crippen LogP contribution in [0.2, 0.25) is 0 Å². The van der Waals surface area contributed by atoms with Gasteiger partial charge in [0.1, 0.15) is 0 Å². The third-order valence-electron chi connectivity index (χ3n) is 4.60. The molecule has 29 heavy (non-hydrogen) atoms. The number of nitrogens with one attached hydrogen (secondary N) is 1. The number of carbonyl (C=O) groups excluding carboxylic acids is 2. The molecular weight excluding hydrogens is 366 g/mol. The predicted molar refractivity (Wildman–Crippen MR) is 109 cm³/mol. The highest BCUT2D eigenvalue weighted by atomic mass is 16.2. The fourth-order valence-electron chi connectivity index (χ4n) is 3.16. The second-order valence-corrected chi connectivity index (χ2v) is 6.34. The van der Waals surface area contributed by atoms with Gasteiger partial charge in [0, 0.05) is 47.7 Å². The van der Waals surface area contributed by atoms with E-state index in [2.05, 4.69) is 20.5 Å². The summed E-state index contributed by atoms with van der Waals surface area (Å²) in [5.41, 5.74) is 6.44. The third-order valence-corrected chi connectivity index (χ3v) is 4.60. The number of hydrogen-bond donors (Lipinski definition) is 1. The Bertz CT molecular complexity index is 1210. The molecule has 0 radical (unpaired) electrons. The van der Waals surface area contributed by atoms with E-state index in [0.29, 0.717) is 16.8 Å². The van der Waals surface area contributed by atoms with E-state index in [9.17, 15) is 9.59 Å². The van der Waals surface area contributed by atoms with Crippen LogP contribution in [0, 0.1) is 6.92 Å². The largest absolute Gasteiger partial charge is 0.313 e. The van der Waals surface area contributed by atoms with Crippen molar-refractivity contribution in [2.24, 2.45) is 5.10 Å². The number of rotatable bonds is 5. The van der Waals surface area contributed by atoms with E-state index in [1.165, 1.54) is 0 Å². The Labute approximate surface area is 166 Å². The van der Waals surface area contributed by atoms with Crippen molar-refractivity contribution in [1.29, 1.82) is 0 Å². The number of hydrogen-bond acceptors (Lipinski definition) is 5. The highest BCUT2D eigenvalue weighted by molar-refractivity contribution is 6.12. The molecule has 0 saturated carbocycles. The molecule has 0 saturated heterocycles. The lowest BCUT2D eigenvalue weighted by Crippen LogP contribution is -2.17. The van der Waals surface area contributed by atoms with Gasteiger partial charge in [0.25, 0.3) is 5.91 Å². The zero-order valence-corrected chi connectivity index (χ0v) is 15.6. The van der Waals surface area contributed by atoms with Crippen molar-refractivity contribution in [2.75, 3.05) is 0 Å². The minimum atomic E-state index is -0.335. The van der Waals surface area contributed by atoms with E-state index in [1.807, 2.05) is 35.7 Å². The molecule has 0 fully saturated rings. The summed E-state index contributed by atoms with van der Waals surface area (Å²) < 4.78 is 1.84. The number of ketones is 1. The van der Waals surface area contributed by atoms with Gasteiger partial charge in [0.05, 0.1) is 17.4 Å². The van der Waals surface area contributed by atoms with Crippen molar-refractivity contribution < 1.29 is 9.59 Å². The van der Waals surface area contributed by atoms with Crippen LogP contribution in [0.3, 0.4) is 0 Å². The topological polar surface area (TPSA) is 88.7 Å². The average molecular weight is 383 g/mol. The van der Waals surface area contributed by atoms with E-state index >= 15 is 0 Å². The summed E-state index contributed by atoms with van der Waals surface area (Å²) in [6, 6.07) is 12.2. The molecule has 0 aromatic carbocycles. The van der Waals surface area contributed by atoms with Gasteiger partial charge in [0.15, 0.2) is 0 Å². The molecular formula is C22H17N5O2. The molecule has 142 valence electrons. The van der Waals surface area contributed by atoms with Crippen LogP contribution in [-0.4, -0.2) is 32.3 Å². The second-order valence-electron chi connectivity index (χ2n) is 6.34. The number of carbonyl (C=O) groups is 2. The number of amides is 1. The zero-order valence-electron chi connectivity index (χ0n) is 15.6. The van der Waals surface area contributed by atoms with Crippen LogP contribution in [0.4, 0.5) is 0 Å². The van der Waals surface area contributed by atoms with E-state index in [0.717, 1.165) is 16.6 Å². The van der Waals surface area contributed by atoms with E-state index in [4.69, 9.17) is 0 Å². The summed E-state index contributed by atoms with van der Waals surface area (Å²) in [7, 11) is 0. The molecule has 7 heteroatoms. The number of fused-ring (bicyclic) bond motifs is 1. The smallest absolute Gasteiger partial charge is 0.271 e. The molecule has 0 aliphatic rings. The first-order valence-corrected chi connectivity index (χ1v) is 8.94. The van der Waals surface area contributed by atoms with E-state index in [1.54, 1.807) is 55.3 Å². The highest BCUT2D eigenvalue weighted by Crippen LogP contribution is 2.24. The lowest BCUT2D eigenvalue weighted by atomic mass is 10.1. The molecule has 4 rings (SSSR count). The molecule has 1 amide bonds. The number of aromatic nitrogens is 3. The predicted octanol–water partition coefficient (Wildman–Crippen LogP) is 3.03. The Morgan fingerprint density at radius 3 is 2.31 bits per heavy atom. The van der Waals surface area contributed by atoms with Crippen LogP contribution in [0.25, 0.3) is 5.52 Å². The molecule has 4 aromatic rings. The molecule has 4 heterocycles. The van der Waals surface area contributed by atoms with Gasteiger partial charge in [-0.2, -0.15) is 5.10 Å². The summed E-state index contributed by atoms with van der Waals surface area (Å²) >= 11 is 0. The summed E-state index contributed by atoms with van der Waals surface area (Å²) in [6.45, 7) is 1.87. The number of hydrazone groups is 1. The van der Waals surface area contributed by atoms with Gasteiger partial charge in [0.2, 0.25) is 5.78 Å². The third kappa shape index (κ3) is 3.53. The fraction of sp³-hybridized carbons (Fsp3) is 0.0455. The van der Waals surface area contributed by atoms with Gasteiger partial charge in [-0.25, -0.2) is 5.43 Å². The molecule has 4 aromatic heterocycles. The Hall–Kier alpha value is -4.13. The van der Waals surface area contributed by atoms with Crippen LogP contribution in [0.15, 0.2) is 78.6 Å². The highest BCUT2D eigenvalue weighted by Gasteiger charge is 2.20. The maximum absolute atomic E-state index is 13.1. The molecule has 1 N–H and O–H groups in total. The average Bonchev–Trinajstić information content (AvgIpc) is 3.06. The van der Waals surface area contributed by atoms with Crippen LogP contribution in [0.5, 0.6) is 0 Å². The Morgan fingerprint density at radius 1 is 0.966 bits per heavy atom. The molecule has 0 aliphatic carbocycles. The van der Waals surface area contributed by atoms with Crippen LogP contribution < -0.4 is 5.43 Å². The fourth-order valence-corrected chi connectivity index (χ4v) is 3.16. The Kier molecular flexibility index (Phi) is 4.94. The van der Waals surface area contributed by atoms with Crippen molar-refractivity contribution in [2.45, 2.75) is 6.92 Å². The van der Waals surface area contributed by atoms with Gasteiger partial charge in [-0.15, -0.1) is 0 Å². The van der Waals surface area contributed by atoms with Crippen molar-refractivity contribution in [3.05, 3.63) is 101 Å².